The molecule has 4 rings (SSSR count). The molecular weight excluding hydrogens is 286 g/mol. The molecule has 0 heterocycles. The molecule has 0 aromatic carbocycles. The molecule has 4 aliphatic rings. The number of carbonyl (C=O) groups is 2. The van der Waals surface area contributed by atoms with Crippen LogP contribution in [0.1, 0.15) is 39.0 Å². The van der Waals surface area contributed by atoms with Gasteiger partial charge in [-0.1, -0.05) is 6.92 Å². The van der Waals surface area contributed by atoms with E-state index in [2.05, 4.69) is 0 Å². The highest BCUT2D eigenvalue weighted by Crippen LogP contribution is 2.62. The van der Waals surface area contributed by atoms with E-state index >= 15 is 4.39 Å². The largest absolute Gasteiger partial charge is 0.296 e. The molecule has 118 valence electrons. The number of alkyl halides is 2. The van der Waals surface area contributed by atoms with Crippen molar-refractivity contribution in [1.29, 1.82) is 0 Å². The average molecular weight is 306 g/mol. The van der Waals surface area contributed by atoms with E-state index in [1.54, 1.807) is 0 Å². The summed E-state index contributed by atoms with van der Waals surface area (Å²) in [5, 5.41) is 0. The molecular formula is C18H20F2O2. The molecule has 0 aromatic heterocycles. The minimum absolute atomic E-state index is 0.0310. The number of halogens is 2. The minimum atomic E-state index is -1.57. The molecule has 6 atom stereocenters. The van der Waals surface area contributed by atoms with Gasteiger partial charge in [0, 0.05) is 11.3 Å². The number of Topliss-reactive ketones (excluding diaryl/α,β-unsaturated/α-hetero) is 1. The second-order valence-corrected chi connectivity index (χ2v) is 7.61. The lowest BCUT2D eigenvalue weighted by molar-refractivity contribution is -0.134. The Bertz CT molecular complexity index is 623. The number of rotatable bonds is 0. The fraction of sp³-hybridized carbons (Fsp3) is 0.667. The zero-order valence-electron chi connectivity index (χ0n) is 12.6. The number of carbonyl (C=O) groups excluding carboxylic acids is 2. The van der Waals surface area contributed by atoms with E-state index in [0.29, 0.717) is 24.8 Å². The number of ketones is 2. The molecule has 6 unspecified atom stereocenters. The quantitative estimate of drug-likeness (QED) is 0.686. The van der Waals surface area contributed by atoms with Gasteiger partial charge in [-0.15, -0.1) is 0 Å². The summed E-state index contributed by atoms with van der Waals surface area (Å²) in [4.78, 5) is 23.7. The monoisotopic (exact) mass is 306 g/mol. The van der Waals surface area contributed by atoms with Gasteiger partial charge in [0.1, 0.15) is 0 Å². The van der Waals surface area contributed by atoms with Crippen LogP contribution >= 0.6 is 0 Å². The fourth-order valence-corrected chi connectivity index (χ4v) is 5.55. The Morgan fingerprint density at radius 1 is 1.23 bits per heavy atom. The van der Waals surface area contributed by atoms with Gasteiger partial charge < -0.3 is 0 Å². The third kappa shape index (κ3) is 1.64. The van der Waals surface area contributed by atoms with Gasteiger partial charge in [-0.05, 0) is 67.7 Å². The van der Waals surface area contributed by atoms with Crippen LogP contribution in [0.5, 0.6) is 0 Å². The van der Waals surface area contributed by atoms with E-state index in [-0.39, 0.29) is 35.7 Å². The van der Waals surface area contributed by atoms with Crippen molar-refractivity contribution in [3.8, 4) is 0 Å². The average Bonchev–Trinajstić information content (AvgIpc) is 2.72. The molecule has 0 N–H and O–H groups in total. The van der Waals surface area contributed by atoms with Gasteiger partial charge in [-0.3, -0.25) is 9.59 Å². The predicted octanol–water partition coefficient (Wildman–Crippen LogP) is 3.51. The fourth-order valence-electron chi connectivity index (χ4n) is 5.55. The third-order valence-electron chi connectivity index (χ3n) is 6.72. The van der Waals surface area contributed by atoms with Gasteiger partial charge in [0.25, 0.3) is 0 Å². The maximum atomic E-state index is 15.6. The minimum Gasteiger partial charge on any atom is -0.296 e. The number of allylic oxidation sites excluding steroid dienone is 4. The number of fused-ring (bicyclic) bond motifs is 5. The Kier molecular flexibility index (Phi) is 2.83. The zero-order chi connectivity index (χ0) is 15.7. The van der Waals surface area contributed by atoms with Gasteiger partial charge in [0.05, 0.1) is 0 Å². The van der Waals surface area contributed by atoms with Crippen molar-refractivity contribution < 1.29 is 18.4 Å². The topological polar surface area (TPSA) is 34.1 Å². The maximum Gasteiger partial charge on any atom is 0.178 e. The molecule has 0 radical (unpaired) electrons. The van der Waals surface area contributed by atoms with E-state index in [9.17, 15) is 14.0 Å². The summed E-state index contributed by atoms with van der Waals surface area (Å²) < 4.78 is 29.6. The van der Waals surface area contributed by atoms with Crippen LogP contribution in [0.2, 0.25) is 0 Å². The van der Waals surface area contributed by atoms with Crippen molar-refractivity contribution in [2.75, 3.05) is 0 Å². The van der Waals surface area contributed by atoms with Crippen molar-refractivity contribution in [3.05, 3.63) is 23.8 Å². The van der Waals surface area contributed by atoms with Crippen molar-refractivity contribution >= 4 is 11.6 Å². The highest BCUT2D eigenvalue weighted by molar-refractivity contribution is 6.01. The lowest BCUT2D eigenvalue weighted by atomic mass is 9.52. The van der Waals surface area contributed by atoms with Crippen LogP contribution in [0, 0.1) is 23.2 Å². The Morgan fingerprint density at radius 2 is 2.00 bits per heavy atom. The Morgan fingerprint density at radius 3 is 2.77 bits per heavy atom. The van der Waals surface area contributed by atoms with Gasteiger partial charge >= 0.3 is 0 Å². The van der Waals surface area contributed by atoms with Gasteiger partial charge in [0.15, 0.2) is 23.4 Å². The smallest absolute Gasteiger partial charge is 0.178 e. The van der Waals surface area contributed by atoms with Crippen LogP contribution in [0.4, 0.5) is 8.78 Å². The van der Waals surface area contributed by atoms with E-state index in [1.807, 2.05) is 6.92 Å². The highest BCUT2D eigenvalue weighted by atomic mass is 19.1. The van der Waals surface area contributed by atoms with E-state index in [1.165, 1.54) is 18.2 Å². The van der Waals surface area contributed by atoms with Crippen LogP contribution in [0.25, 0.3) is 0 Å². The molecule has 4 heteroatoms. The lowest BCUT2D eigenvalue weighted by Crippen LogP contribution is -2.52. The van der Waals surface area contributed by atoms with Crippen LogP contribution in [-0.4, -0.2) is 23.4 Å². The zero-order valence-corrected chi connectivity index (χ0v) is 12.6. The normalized spacial score (nSPS) is 50.2. The van der Waals surface area contributed by atoms with E-state index < -0.39 is 17.3 Å². The summed E-state index contributed by atoms with van der Waals surface area (Å²) in [7, 11) is 0. The summed E-state index contributed by atoms with van der Waals surface area (Å²) in [6, 6.07) is 0. The van der Waals surface area contributed by atoms with Crippen molar-refractivity contribution in [2.24, 2.45) is 23.2 Å². The Labute approximate surface area is 128 Å². The molecule has 0 saturated heterocycles. The lowest BCUT2D eigenvalue weighted by Gasteiger charge is -2.53. The second-order valence-electron chi connectivity index (χ2n) is 7.61. The highest BCUT2D eigenvalue weighted by Gasteiger charge is 2.62. The molecule has 22 heavy (non-hydrogen) atoms. The SMILES string of the molecule is CC12CCC3C(CCC4=CC(=O)C=CC43F)C1CC(F)C2=O. The second kappa shape index (κ2) is 4.36. The van der Waals surface area contributed by atoms with Crippen LogP contribution in [-0.2, 0) is 9.59 Å². The summed E-state index contributed by atoms with van der Waals surface area (Å²) in [5.74, 6) is -0.688. The predicted molar refractivity (Wildman–Crippen MR) is 77.6 cm³/mol. The summed E-state index contributed by atoms with van der Waals surface area (Å²) >= 11 is 0. The molecule has 0 amide bonds. The molecule has 4 aliphatic carbocycles. The van der Waals surface area contributed by atoms with E-state index in [0.717, 1.165) is 6.42 Å². The van der Waals surface area contributed by atoms with E-state index in [4.69, 9.17) is 0 Å². The molecule has 0 aliphatic heterocycles. The van der Waals surface area contributed by atoms with Gasteiger partial charge in [0.2, 0.25) is 0 Å². The molecule has 3 fully saturated rings. The first kappa shape index (κ1) is 14.3. The van der Waals surface area contributed by atoms with Crippen molar-refractivity contribution in [2.45, 2.75) is 50.9 Å². The van der Waals surface area contributed by atoms with Gasteiger partial charge in [-0.2, -0.15) is 0 Å². The summed E-state index contributed by atoms with van der Waals surface area (Å²) in [5.41, 5.74) is -1.62. The Balaban J connectivity index is 1.72. The summed E-state index contributed by atoms with van der Waals surface area (Å²) in [6.07, 6.45) is 5.45. The first-order valence-corrected chi connectivity index (χ1v) is 8.18. The summed E-state index contributed by atoms with van der Waals surface area (Å²) in [6.45, 7) is 1.87. The molecule has 0 bridgehead atoms. The molecule has 3 saturated carbocycles. The molecule has 2 nitrogen and oxygen atoms in total. The number of hydrogen-bond donors (Lipinski definition) is 0. The third-order valence-corrected chi connectivity index (χ3v) is 6.72. The van der Waals surface area contributed by atoms with Crippen LogP contribution in [0.15, 0.2) is 23.8 Å². The van der Waals surface area contributed by atoms with Crippen LogP contribution in [0.3, 0.4) is 0 Å². The van der Waals surface area contributed by atoms with Crippen LogP contribution < -0.4 is 0 Å². The van der Waals surface area contributed by atoms with Crippen molar-refractivity contribution in [3.63, 3.8) is 0 Å². The first-order valence-electron chi connectivity index (χ1n) is 8.18. The molecule has 0 aromatic rings. The maximum absolute atomic E-state index is 15.6. The van der Waals surface area contributed by atoms with Crippen molar-refractivity contribution in [1.82, 2.24) is 0 Å². The molecule has 0 spiro atoms. The Hall–Kier alpha value is -1.32. The van der Waals surface area contributed by atoms with Gasteiger partial charge in [-0.25, -0.2) is 8.78 Å². The first-order chi connectivity index (χ1) is 10.4. The standard InChI is InChI=1S/C18H20F2O2/c1-17-6-5-13-12(14(17)9-15(19)16(17)22)3-2-10-8-11(21)4-7-18(10,13)20/h4,7-8,12-15H,2-3,5-6,9H2,1H3. The number of hydrogen-bond acceptors (Lipinski definition) is 2.